The molecule has 1 fully saturated rings. The molecule has 0 atom stereocenters. The third kappa shape index (κ3) is 5.01. The predicted octanol–water partition coefficient (Wildman–Crippen LogP) is 5.45. The number of hydrogen-bond acceptors (Lipinski definition) is 6. The SMILES string of the molecule is COc1cc(C=C2C(=O)OC(C)(C)OC2=O)c(Cl)cc1OCc1ccc(Cl)cc1Cl. The van der Waals surface area contributed by atoms with Crippen LogP contribution in [0.25, 0.3) is 6.08 Å². The van der Waals surface area contributed by atoms with Gasteiger partial charge in [-0.05, 0) is 29.8 Å². The molecule has 1 heterocycles. The van der Waals surface area contributed by atoms with Crippen molar-refractivity contribution in [2.45, 2.75) is 26.2 Å². The van der Waals surface area contributed by atoms with E-state index in [9.17, 15) is 9.59 Å². The topological polar surface area (TPSA) is 71.1 Å². The van der Waals surface area contributed by atoms with Crippen molar-refractivity contribution in [3.05, 3.63) is 62.1 Å². The number of halogens is 3. The zero-order valence-electron chi connectivity index (χ0n) is 16.3. The Hall–Kier alpha value is -2.41. The Kier molecular flexibility index (Phi) is 6.50. The minimum Gasteiger partial charge on any atom is -0.493 e. The van der Waals surface area contributed by atoms with Crippen LogP contribution < -0.4 is 9.47 Å². The van der Waals surface area contributed by atoms with Crippen LogP contribution in [0.5, 0.6) is 11.5 Å². The highest BCUT2D eigenvalue weighted by molar-refractivity contribution is 6.35. The molecule has 9 heteroatoms. The highest BCUT2D eigenvalue weighted by Gasteiger charge is 2.39. The molecule has 0 radical (unpaired) electrons. The van der Waals surface area contributed by atoms with Crippen LogP contribution in [0.2, 0.25) is 15.1 Å². The number of rotatable bonds is 5. The average Bonchev–Trinajstić information content (AvgIpc) is 2.64. The van der Waals surface area contributed by atoms with E-state index in [4.69, 9.17) is 53.8 Å². The first-order valence-corrected chi connectivity index (χ1v) is 9.85. The number of ether oxygens (including phenoxy) is 4. The van der Waals surface area contributed by atoms with Crippen LogP contribution in [-0.2, 0) is 25.7 Å². The maximum atomic E-state index is 12.2. The summed E-state index contributed by atoms with van der Waals surface area (Å²) in [6.07, 6.45) is 1.28. The first-order valence-electron chi connectivity index (χ1n) is 8.72. The van der Waals surface area contributed by atoms with Gasteiger partial charge in [-0.2, -0.15) is 0 Å². The molecule has 0 aromatic heterocycles. The highest BCUT2D eigenvalue weighted by Crippen LogP contribution is 2.36. The number of cyclic esters (lactones) is 2. The standard InChI is InChI=1S/C21H17Cl3O6/c1-21(2)29-19(25)14(20(26)30-21)6-12-7-17(27-3)18(9-16(12)24)28-10-11-4-5-13(22)8-15(11)23/h4-9H,10H2,1-3H3. The van der Waals surface area contributed by atoms with Crippen molar-refractivity contribution in [3.8, 4) is 11.5 Å². The molecule has 1 aliphatic heterocycles. The lowest BCUT2D eigenvalue weighted by atomic mass is 10.1. The largest absolute Gasteiger partial charge is 0.493 e. The van der Waals surface area contributed by atoms with E-state index in [0.29, 0.717) is 27.1 Å². The molecule has 1 saturated heterocycles. The zero-order valence-corrected chi connectivity index (χ0v) is 18.5. The van der Waals surface area contributed by atoms with Crippen molar-refractivity contribution < 1.29 is 28.5 Å². The molecule has 0 N–H and O–H groups in total. The molecule has 0 unspecified atom stereocenters. The van der Waals surface area contributed by atoms with Gasteiger partial charge >= 0.3 is 11.9 Å². The second-order valence-corrected chi connectivity index (χ2v) is 8.04. The molecule has 2 aromatic rings. The van der Waals surface area contributed by atoms with Gasteiger partial charge in [0.1, 0.15) is 12.2 Å². The molecule has 0 saturated carbocycles. The third-order valence-electron chi connectivity index (χ3n) is 4.10. The second kappa shape index (κ2) is 8.76. The van der Waals surface area contributed by atoms with Gasteiger partial charge in [0.25, 0.3) is 5.79 Å². The maximum Gasteiger partial charge on any atom is 0.348 e. The number of esters is 2. The van der Waals surface area contributed by atoms with Crippen molar-refractivity contribution in [2.75, 3.05) is 7.11 Å². The lowest BCUT2D eigenvalue weighted by Gasteiger charge is -2.29. The number of carbonyl (C=O) groups is 2. The summed E-state index contributed by atoms with van der Waals surface area (Å²) in [5, 5.41) is 1.21. The van der Waals surface area contributed by atoms with Gasteiger partial charge < -0.3 is 18.9 Å². The predicted molar refractivity (Wildman–Crippen MR) is 113 cm³/mol. The Labute approximate surface area is 188 Å². The van der Waals surface area contributed by atoms with Gasteiger partial charge in [0.05, 0.1) is 12.1 Å². The van der Waals surface area contributed by atoms with Gasteiger partial charge in [-0.15, -0.1) is 0 Å². The normalized spacial score (nSPS) is 15.3. The van der Waals surface area contributed by atoms with Gasteiger partial charge in [0.15, 0.2) is 11.5 Å². The first-order chi connectivity index (χ1) is 14.1. The lowest BCUT2D eigenvalue weighted by molar-refractivity contribution is -0.222. The number of carbonyl (C=O) groups excluding carboxylic acids is 2. The summed E-state index contributed by atoms with van der Waals surface area (Å²) in [6, 6.07) is 8.12. The van der Waals surface area contributed by atoms with Crippen LogP contribution in [-0.4, -0.2) is 24.8 Å². The fourth-order valence-electron chi connectivity index (χ4n) is 2.66. The Morgan fingerprint density at radius 1 is 0.967 bits per heavy atom. The molecule has 0 aliphatic carbocycles. The van der Waals surface area contributed by atoms with Crippen LogP contribution >= 0.6 is 34.8 Å². The Morgan fingerprint density at radius 2 is 1.63 bits per heavy atom. The van der Waals surface area contributed by atoms with Crippen LogP contribution in [0.4, 0.5) is 0 Å². The van der Waals surface area contributed by atoms with E-state index < -0.39 is 17.7 Å². The molecule has 3 rings (SSSR count). The molecule has 1 aliphatic rings. The Balaban J connectivity index is 1.87. The first kappa shape index (κ1) is 22.3. The molecule has 0 amide bonds. The van der Waals surface area contributed by atoms with E-state index in [1.54, 1.807) is 18.2 Å². The van der Waals surface area contributed by atoms with Crippen molar-refractivity contribution in [3.63, 3.8) is 0 Å². The van der Waals surface area contributed by atoms with Gasteiger partial charge in [-0.1, -0.05) is 40.9 Å². The summed E-state index contributed by atoms with van der Waals surface area (Å²) in [7, 11) is 1.45. The smallest absolute Gasteiger partial charge is 0.348 e. The minimum atomic E-state index is -1.33. The molecule has 0 spiro atoms. The molecular weight excluding hydrogens is 455 g/mol. The van der Waals surface area contributed by atoms with Crippen molar-refractivity contribution >= 4 is 52.8 Å². The van der Waals surface area contributed by atoms with Crippen molar-refractivity contribution in [1.29, 1.82) is 0 Å². The van der Waals surface area contributed by atoms with Crippen molar-refractivity contribution in [1.82, 2.24) is 0 Å². The van der Waals surface area contributed by atoms with Crippen LogP contribution in [0.1, 0.15) is 25.0 Å². The molecule has 0 bridgehead atoms. The van der Waals surface area contributed by atoms with E-state index in [2.05, 4.69) is 0 Å². The van der Waals surface area contributed by atoms with E-state index in [1.165, 1.54) is 39.2 Å². The summed E-state index contributed by atoms with van der Waals surface area (Å²) < 4.78 is 21.3. The third-order valence-corrected chi connectivity index (χ3v) is 5.01. The molecule has 30 heavy (non-hydrogen) atoms. The van der Waals surface area contributed by atoms with E-state index in [0.717, 1.165) is 5.56 Å². The summed E-state index contributed by atoms with van der Waals surface area (Å²) >= 11 is 18.4. The van der Waals surface area contributed by atoms with Crippen molar-refractivity contribution in [2.24, 2.45) is 0 Å². The van der Waals surface area contributed by atoms with Gasteiger partial charge in [0.2, 0.25) is 0 Å². The number of benzene rings is 2. The monoisotopic (exact) mass is 470 g/mol. The molecular formula is C21H17Cl3O6. The summed E-state index contributed by atoms with van der Waals surface area (Å²) in [5.74, 6) is -2.24. The molecule has 2 aromatic carbocycles. The van der Waals surface area contributed by atoms with Crippen LogP contribution in [0.15, 0.2) is 35.9 Å². The average molecular weight is 472 g/mol. The fraction of sp³-hybridized carbons (Fsp3) is 0.238. The summed E-state index contributed by atoms with van der Waals surface area (Å²) in [6.45, 7) is 3.08. The van der Waals surface area contributed by atoms with Gasteiger partial charge in [0, 0.05) is 35.5 Å². The van der Waals surface area contributed by atoms with Gasteiger partial charge in [-0.25, -0.2) is 9.59 Å². The van der Waals surface area contributed by atoms with Crippen LogP contribution in [0.3, 0.4) is 0 Å². The lowest BCUT2D eigenvalue weighted by Crippen LogP contribution is -2.41. The summed E-state index contributed by atoms with van der Waals surface area (Å²) in [5.41, 5.74) is 0.801. The maximum absolute atomic E-state index is 12.2. The van der Waals surface area contributed by atoms with Crippen LogP contribution in [0, 0.1) is 0 Å². The number of hydrogen-bond donors (Lipinski definition) is 0. The number of methoxy groups -OCH3 is 1. The van der Waals surface area contributed by atoms with Gasteiger partial charge in [-0.3, -0.25) is 0 Å². The zero-order chi connectivity index (χ0) is 22.1. The Morgan fingerprint density at radius 3 is 2.23 bits per heavy atom. The summed E-state index contributed by atoms with van der Waals surface area (Å²) in [4.78, 5) is 24.3. The minimum absolute atomic E-state index is 0.150. The molecule has 158 valence electrons. The fourth-order valence-corrected chi connectivity index (χ4v) is 3.33. The van der Waals surface area contributed by atoms with E-state index in [-0.39, 0.29) is 17.2 Å². The second-order valence-electron chi connectivity index (χ2n) is 6.79. The quantitative estimate of drug-likeness (QED) is 0.328. The highest BCUT2D eigenvalue weighted by atomic mass is 35.5. The Bertz CT molecular complexity index is 1020. The molecule has 6 nitrogen and oxygen atoms in total. The van der Waals surface area contributed by atoms with E-state index in [1.807, 2.05) is 0 Å². The van der Waals surface area contributed by atoms with E-state index >= 15 is 0 Å².